The lowest BCUT2D eigenvalue weighted by Crippen LogP contribution is -2.46. The van der Waals surface area contributed by atoms with Gasteiger partial charge >= 0.3 is 0 Å². The molecule has 2 aliphatic heterocycles. The predicted molar refractivity (Wildman–Crippen MR) is 189 cm³/mol. The smallest absolute Gasteiger partial charge is 0.164 e. The average molecular weight is 629 g/mol. The van der Waals surface area contributed by atoms with Crippen LogP contribution in [0.5, 0.6) is 0 Å². The van der Waals surface area contributed by atoms with Crippen LogP contribution in [0.3, 0.4) is 0 Å². The molecular formula is C40H56N2O4. The molecule has 3 aromatic rings. The van der Waals surface area contributed by atoms with Gasteiger partial charge in [-0.05, 0) is 99.9 Å². The van der Waals surface area contributed by atoms with Crippen molar-refractivity contribution in [2.75, 3.05) is 37.2 Å². The highest BCUT2D eigenvalue weighted by Gasteiger charge is 2.59. The van der Waals surface area contributed by atoms with E-state index in [0.29, 0.717) is 0 Å². The van der Waals surface area contributed by atoms with Gasteiger partial charge in [0, 0.05) is 36.4 Å². The molecule has 6 nitrogen and oxygen atoms in total. The van der Waals surface area contributed by atoms with Crippen LogP contribution in [0.25, 0.3) is 0 Å². The molecule has 5 rings (SSSR count). The normalized spacial score (nSPS) is 22.4. The maximum absolute atomic E-state index is 5.92. The summed E-state index contributed by atoms with van der Waals surface area (Å²) in [6.45, 7) is 28.0. The lowest BCUT2D eigenvalue weighted by atomic mass is 9.73. The number of aryl methyl sites for hydroxylation is 4. The first kappa shape index (κ1) is 34.4. The van der Waals surface area contributed by atoms with Crippen LogP contribution in [0.1, 0.15) is 99.9 Å². The molecular weight excluding hydrogens is 572 g/mol. The maximum Gasteiger partial charge on any atom is 0.164 e. The molecule has 4 unspecified atom stereocenters. The van der Waals surface area contributed by atoms with E-state index in [1.165, 1.54) is 50.2 Å². The zero-order chi connectivity index (χ0) is 34.0. The lowest BCUT2D eigenvalue weighted by Gasteiger charge is -2.38. The van der Waals surface area contributed by atoms with Gasteiger partial charge in [-0.1, -0.05) is 76.2 Å². The third-order valence-corrected chi connectivity index (χ3v) is 10.8. The number of nitrogens with zero attached hydrogens (tertiary/aromatic N) is 2. The van der Waals surface area contributed by atoms with Crippen molar-refractivity contribution >= 4 is 11.4 Å². The molecule has 0 spiro atoms. The number of hydrogen-bond acceptors (Lipinski definition) is 6. The maximum atomic E-state index is 5.92. The summed E-state index contributed by atoms with van der Waals surface area (Å²) in [6.07, 6.45) is -0.230. The van der Waals surface area contributed by atoms with Gasteiger partial charge in [-0.15, -0.1) is 0 Å². The minimum absolute atomic E-state index is 0.115. The van der Waals surface area contributed by atoms with Crippen LogP contribution in [0.4, 0.5) is 11.4 Å². The molecule has 0 amide bonds. The van der Waals surface area contributed by atoms with Crippen molar-refractivity contribution in [3.63, 3.8) is 0 Å². The molecule has 2 fully saturated rings. The largest absolute Gasteiger partial charge is 0.362 e. The standard InChI is InChI=1S/C40H56N2O4/c1-25-19-33(20-26(2)35(25)41(29(5)43-13)30(6)44-14)37(7,8)31-15-17-32(18-16-31)38(9,10)34-21-27(3)36(28(4)22-34)42(39(11)23-45-39)40(12)24-46-40/h15-22,29-30H,23-24H2,1-14H3. The predicted octanol–water partition coefficient (Wildman–Crippen LogP) is 8.66. The number of epoxide rings is 2. The molecule has 46 heavy (non-hydrogen) atoms. The third-order valence-electron chi connectivity index (χ3n) is 10.8. The van der Waals surface area contributed by atoms with Gasteiger partial charge in [0.1, 0.15) is 12.5 Å². The summed E-state index contributed by atoms with van der Waals surface area (Å²) in [5.74, 6) is 0. The highest BCUT2D eigenvalue weighted by Crippen LogP contribution is 2.49. The van der Waals surface area contributed by atoms with Crippen LogP contribution in [-0.4, -0.2) is 51.3 Å². The minimum atomic E-state index is -0.304. The van der Waals surface area contributed by atoms with E-state index in [2.05, 4.69) is 141 Å². The second kappa shape index (κ2) is 12.0. The van der Waals surface area contributed by atoms with Crippen LogP contribution in [0.2, 0.25) is 0 Å². The van der Waals surface area contributed by atoms with Crippen LogP contribution < -0.4 is 9.80 Å². The Morgan fingerprint density at radius 2 is 0.913 bits per heavy atom. The molecule has 2 saturated heterocycles. The fraction of sp³-hybridized carbons (Fsp3) is 0.550. The van der Waals surface area contributed by atoms with Gasteiger partial charge in [0.05, 0.1) is 13.2 Å². The van der Waals surface area contributed by atoms with E-state index >= 15 is 0 Å². The van der Waals surface area contributed by atoms with E-state index in [9.17, 15) is 0 Å². The van der Waals surface area contributed by atoms with Crippen molar-refractivity contribution in [2.24, 2.45) is 0 Å². The first-order valence-corrected chi connectivity index (χ1v) is 16.7. The average Bonchev–Trinajstić information content (AvgIpc) is 3.93. The van der Waals surface area contributed by atoms with E-state index < -0.39 is 0 Å². The van der Waals surface area contributed by atoms with Crippen molar-refractivity contribution < 1.29 is 18.9 Å². The summed E-state index contributed by atoms with van der Waals surface area (Å²) in [4.78, 5) is 4.58. The number of rotatable bonds is 12. The highest BCUT2D eigenvalue weighted by atomic mass is 16.7. The van der Waals surface area contributed by atoms with Gasteiger partial charge in [0.25, 0.3) is 0 Å². The monoisotopic (exact) mass is 628 g/mol. The Balaban J connectivity index is 1.44. The molecule has 0 saturated carbocycles. The topological polar surface area (TPSA) is 50.0 Å². The number of ether oxygens (including phenoxy) is 4. The van der Waals surface area contributed by atoms with Crippen molar-refractivity contribution in [1.29, 1.82) is 0 Å². The van der Waals surface area contributed by atoms with E-state index in [1.54, 1.807) is 14.2 Å². The second-order valence-electron chi connectivity index (χ2n) is 15.1. The molecule has 6 heteroatoms. The molecule has 2 aliphatic rings. The van der Waals surface area contributed by atoms with Crippen LogP contribution in [0, 0.1) is 27.7 Å². The minimum Gasteiger partial charge on any atom is -0.362 e. The second-order valence-corrected chi connectivity index (χ2v) is 15.1. The number of benzene rings is 3. The molecule has 2 heterocycles. The highest BCUT2D eigenvalue weighted by molar-refractivity contribution is 5.66. The van der Waals surface area contributed by atoms with Gasteiger partial charge in [-0.2, -0.15) is 0 Å². The van der Waals surface area contributed by atoms with Crippen LogP contribution >= 0.6 is 0 Å². The Bertz CT molecular complexity index is 1510. The fourth-order valence-electron chi connectivity index (χ4n) is 7.36. The Kier molecular flexibility index (Phi) is 8.96. The summed E-state index contributed by atoms with van der Waals surface area (Å²) in [6, 6.07) is 18.6. The number of methoxy groups -OCH3 is 2. The number of hydrogen-bond donors (Lipinski definition) is 0. The van der Waals surface area contributed by atoms with Gasteiger partial charge in [-0.25, -0.2) is 0 Å². The van der Waals surface area contributed by atoms with Crippen molar-refractivity contribution in [3.05, 3.63) is 93.0 Å². The van der Waals surface area contributed by atoms with E-state index in [0.717, 1.165) is 18.9 Å². The van der Waals surface area contributed by atoms with Crippen molar-refractivity contribution in [1.82, 2.24) is 0 Å². The lowest BCUT2D eigenvalue weighted by molar-refractivity contribution is 0.0425. The van der Waals surface area contributed by atoms with Gasteiger partial charge in [0.2, 0.25) is 0 Å². The van der Waals surface area contributed by atoms with Crippen molar-refractivity contribution in [2.45, 2.75) is 118 Å². The number of anilines is 2. The van der Waals surface area contributed by atoms with E-state index in [-0.39, 0.29) is 34.7 Å². The molecule has 0 radical (unpaired) electrons. The molecule has 0 aromatic heterocycles. The molecule has 3 aromatic carbocycles. The summed E-state index contributed by atoms with van der Waals surface area (Å²) in [5.41, 5.74) is 11.6. The summed E-state index contributed by atoms with van der Waals surface area (Å²) >= 11 is 0. The summed E-state index contributed by atoms with van der Waals surface area (Å²) in [7, 11) is 3.49. The summed E-state index contributed by atoms with van der Waals surface area (Å²) in [5, 5.41) is 0. The fourth-order valence-corrected chi connectivity index (χ4v) is 7.36. The molecule has 0 aliphatic carbocycles. The van der Waals surface area contributed by atoms with Gasteiger partial charge in [-0.3, -0.25) is 0 Å². The van der Waals surface area contributed by atoms with E-state index in [1.807, 2.05) is 0 Å². The van der Waals surface area contributed by atoms with E-state index in [4.69, 9.17) is 18.9 Å². The Labute approximate surface area is 278 Å². The Hall–Kier alpha value is -2.90. The molecule has 0 bridgehead atoms. The van der Waals surface area contributed by atoms with Gasteiger partial charge < -0.3 is 28.7 Å². The zero-order valence-corrected chi connectivity index (χ0v) is 30.7. The molecule has 250 valence electrons. The van der Waals surface area contributed by atoms with Crippen LogP contribution in [-0.2, 0) is 29.8 Å². The van der Waals surface area contributed by atoms with Gasteiger partial charge in [0.15, 0.2) is 11.4 Å². The molecule has 0 N–H and O–H groups in total. The summed E-state index contributed by atoms with van der Waals surface area (Å²) < 4.78 is 23.3. The SMILES string of the molecule is COC(C)N(c1c(C)cc(C(C)(C)c2ccc(C(C)(C)c3cc(C)c(N(C4(C)CO4)C4(C)CO4)c(C)c3)cc2)cc1C)C(C)OC. The Morgan fingerprint density at radius 1 is 0.609 bits per heavy atom. The zero-order valence-electron chi connectivity index (χ0n) is 30.7. The van der Waals surface area contributed by atoms with Crippen molar-refractivity contribution in [3.8, 4) is 0 Å². The van der Waals surface area contributed by atoms with Crippen LogP contribution in [0.15, 0.2) is 48.5 Å². The molecule has 4 atom stereocenters. The Morgan fingerprint density at radius 3 is 1.20 bits per heavy atom. The first-order chi connectivity index (χ1) is 21.4. The third kappa shape index (κ3) is 5.98. The first-order valence-electron chi connectivity index (χ1n) is 16.7. The quantitative estimate of drug-likeness (QED) is 0.148.